The first-order chi connectivity index (χ1) is 11.2. The van der Waals surface area contributed by atoms with Gasteiger partial charge in [-0.1, -0.05) is 24.3 Å². The van der Waals surface area contributed by atoms with Crippen molar-refractivity contribution in [2.75, 3.05) is 33.9 Å². The molecule has 1 rings (SSSR count). The van der Waals surface area contributed by atoms with Crippen LogP contribution in [0.3, 0.4) is 0 Å². The van der Waals surface area contributed by atoms with Gasteiger partial charge in [0.15, 0.2) is 5.96 Å². The first-order valence-electron chi connectivity index (χ1n) is 7.98. The molecule has 0 atom stereocenters. The van der Waals surface area contributed by atoms with Crippen molar-refractivity contribution < 1.29 is 9.47 Å². The Morgan fingerprint density at radius 2 is 2.09 bits per heavy atom. The summed E-state index contributed by atoms with van der Waals surface area (Å²) in [5.41, 5.74) is 2.28. The van der Waals surface area contributed by atoms with Gasteiger partial charge in [0, 0.05) is 32.8 Å². The fraction of sp³-hybridized carbons (Fsp3) is 0.500. The first-order valence-corrected chi connectivity index (χ1v) is 7.98. The van der Waals surface area contributed by atoms with E-state index < -0.39 is 0 Å². The van der Waals surface area contributed by atoms with E-state index in [4.69, 9.17) is 9.47 Å². The van der Waals surface area contributed by atoms with Gasteiger partial charge in [-0.3, -0.25) is 4.99 Å². The van der Waals surface area contributed by atoms with Crippen LogP contribution in [0.1, 0.15) is 24.5 Å². The van der Waals surface area contributed by atoms with E-state index in [0.29, 0.717) is 19.8 Å². The second-order valence-electron chi connectivity index (χ2n) is 5.16. The molecular weight excluding hydrogens is 290 g/mol. The number of nitrogens with one attached hydrogen (secondary N) is 2. The molecule has 1 aromatic carbocycles. The van der Waals surface area contributed by atoms with Crippen LogP contribution in [-0.2, 0) is 11.3 Å². The molecule has 0 aliphatic rings. The fourth-order valence-electron chi connectivity index (χ4n) is 2.02. The van der Waals surface area contributed by atoms with Gasteiger partial charge < -0.3 is 20.1 Å². The Morgan fingerprint density at radius 1 is 1.26 bits per heavy atom. The zero-order valence-corrected chi connectivity index (χ0v) is 14.7. The monoisotopic (exact) mass is 319 g/mol. The third-order valence-electron chi connectivity index (χ3n) is 3.28. The van der Waals surface area contributed by atoms with Crippen LogP contribution < -0.4 is 15.4 Å². The molecule has 0 saturated heterocycles. The maximum absolute atomic E-state index is 5.80. The molecule has 0 spiro atoms. The Morgan fingerprint density at radius 3 is 2.78 bits per heavy atom. The Hall–Kier alpha value is -2.01. The van der Waals surface area contributed by atoms with Crippen molar-refractivity contribution in [2.24, 2.45) is 4.99 Å². The molecule has 0 aliphatic heterocycles. The predicted molar refractivity (Wildman–Crippen MR) is 96.2 cm³/mol. The number of methoxy groups -OCH3 is 1. The number of nitrogens with zero attached hydrogens (tertiary/aromatic N) is 1. The number of guanidine groups is 1. The van der Waals surface area contributed by atoms with Crippen LogP contribution in [0.4, 0.5) is 0 Å². The molecule has 0 bridgehead atoms. The van der Waals surface area contributed by atoms with Crippen molar-refractivity contribution in [1.82, 2.24) is 10.6 Å². The third-order valence-corrected chi connectivity index (χ3v) is 3.28. The number of aryl methyl sites for hydroxylation is 1. The van der Waals surface area contributed by atoms with Crippen molar-refractivity contribution in [2.45, 2.75) is 26.8 Å². The van der Waals surface area contributed by atoms with Gasteiger partial charge in [-0.25, -0.2) is 0 Å². The number of allylic oxidation sites excluding steroid dienone is 1. The van der Waals surface area contributed by atoms with E-state index in [9.17, 15) is 0 Å². The molecule has 0 unspecified atom stereocenters. The molecule has 0 radical (unpaired) electrons. The Kier molecular flexibility index (Phi) is 9.55. The van der Waals surface area contributed by atoms with Crippen molar-refractivity contribution >= 4 is 5.96 Å². The number of hydrogen-bond acceptors (Lipinski definition) is 3. The van der Waals surface area contributed by atoms with Crippen LogP contribution in [0.2, 0.25) is 0 Å². The van der Waals surface area contributed by atoms with Crippen LogP contribution in [-0.4, -0.2) is 39.9 Å². The number of aliphatic imine (C=N–C) groups is 1. The minimum atomic E-state index is 0.545. The average molecular weight is 319 g/mol. The zero-order chi connectivity index (χ0) is 16.9. The van der Waals surface area contributed by atoms with Gasteiger partial charge in [0.2, 0.25) is 0 Å². The molecule has 5 nitrogen and oxygen atoms in total. The third kappa shape index (κ3) is 7.70. The highest BCUT2D eigenvalue weighted by molar-refractivity contribution is 5.79. The van der Waals surface area contributed by atoms with Crippen LogP contribution >= 0.6 is 0 Å². The smallest absolute Gasteiger partial charge is 0.191 e. The SMILES string of the molecule is C/C=C/CCNC(=NC)NCc1ccc(C)cc1OCCOC. The van der Waals surface area contributed by atoms with E-state index >= 15 is 0 Å². The Balaban J connectivity index is 2.57. The molecule has 1 aromatic rings. The molecule has 0 aliphatic carbocycles. The largest absolute Gasteiger partial charge is 0.491 e. The lowest BCUT2D eigenvalue weighted by Gasteiger charge is -2.15. The van der Waals surface area contributed by atoms with E-state index in [1.807, 2.05) is 13.0 Å². The summed E-state index contributed by atoms with van der Waals surface area (Å²) < 4.78 is 10.8. The average Bonchev–Trinajstić information content (AvgIpc) is 2.56. The van der Waals surface area contributed by atoms with Gasteiger partial charge in [-0.2, -0.15) is 0 Å². The van der Waals surface area contributed by atoms with Gasteiger partial charge in [0.05, 0.1) is 6.61 Å². The highest BCUT2D eigenvalue weighted by Crippen LogP contribution is 2.20. The summed E-state index contributed by atoms with van der Waals surface area (Å²) in [5.74, 6) is 1.68. The number of ether oxygens (including phenoxy) is 2. The number of benzene rings is 1. The maximum atomic E-state index is 5.80. The summed E-state index contributed by atoms with van der Waals surface area (Å²) in [4.78, 5) is 4.23. The summed E-state index contributed by atoms with van der Waals surface area (Å²) in [6.07, 6.45) is 5.16. The summed E-state index contributed by atoms with van der Waals surface area (Å²) >= 11 is 0. The normalized spacial score (nSPS) is 11.7. The van der Waals surface area contributed by atoms with Gasteiger partial charge in [0.25, 0.3) is 0 Å². The minimum absolute atomic E-state index is 0.545. The molecule has 0 heterocycles. The molecule has 5 heteroatoms. The molecule has 2 N–H and O–H groups in total. The van der Waals surface area contributed by atoms with Crippen molar-refractivity contribution in [1.29, 1.82) is 0 Å². The van der Waals surface area contributed by atoms with Crippen LogP contribution in [0.15, 0.2) is 35.3 Å². The lowest BCUT2D eigenvalue weighted by Crippen LogP contribution is -2.37. The van der Waals surface area contributed by atoms with Crippen molar-refractivity contribution in [3.63, 3.8) is 0 Å². The quantitative estimate of drug-likeness (QED) is 0.318. The van der Waals surface area contributed by atoms with Crippen LogP contribution in [0.25, 0.3) is 0 Å². The highest BCUT2D eigenvalue weighted by atomic mass is 16.5. The topological polar surface area (TPSA) is 54.9 Å². The number of rotatable bonds is 9. The van der Waals surface area contributed by atoms with Crippen LogP contribution in [0.5, 0.6) is 5.75 Å². The number of hydrogen-bond donors (Lipinski definition) is 2. The molecule has 23 heavy (non-hydrogen) atoms. The highest BCUT2D eigenvalue weighted by Gasteiger charge is 2.05. The summed E-state index contributed by atoms with van der Waals surface area (Å²) in [6, 6.07) is 6.22. The summed E-state index contributed by atoms with van der Waals surface area (Å²) in [7, 11) is 3.45. The van der Waals surface area contributed by atoms with E-state index in [1.54, 1.807) is 14.2 Å². The fourth-order valence-corrected chi connectivity index (χ4v) is 2.02. The maximum Gasteiger partial charge on any atom is 0.191 e. The standard InChI is InChI=1S/C18H29N3O2/c1-5-6-7-10-20-18(19-3)21-14-16-9-8-15(2)13-17(16)23-12-11-22-4/h5-6,8-9,13H,7,10-12,14H2,1-4H3,(H2,19,20,21)/b6-5+. The lowest BCUT2D eigenvalue weighted by molar-refractivity contribution is 0.145. The second kappa shape index (κ2) is 11.5. The van der Waals surface area contributed by atoms with Crippen molar-refractivity contribution in [3.05, 3.63) is 41.5 Å². The van der Waals surface area contributed by atoms with Gasteiger partial charge >= 0.3 is 0 Å². The van der Waals surface area contributed by atoms with E-state index in [-0.39, 0.29) is 0 Å². The Labute approximate surface area is 139 Å². The second-order valence-corrected chi connectivity index (χ2v) is 5.16. The summed E-state index contributed by atoms with van der Waals surface area (Å²) in [5, 5.41) is 6.60. The van der Waals surface area contributed by atoms with E-state index in [0.717, 1.165) is 30.2 Å². The minimum Gasteiger partial charge on any atom is -0.491 e. The molecule has 0 amide bonds. The van der Waals surface area contributed by atoms with Crippen LogP contribution in [0, 0.1) is 6.92 Å². The molecule has 0 aromatic heterocycles. The van der Waals surface area contributed by atoms with E-state index in [2.05, 4.69) is 46.8 Å². The summed E-state index contributed by atoms with van der Waals surface area (Å²) in [6.45, 7) is 6.72. The van der Waals surface area contributed by atoms with E-state index in [1.165, 1.54) is 5.56 Å². The molecule has 0 saturated carbocycles. The van der Waals surface area contributed by atoms with Gasteiger partial charge in [0.1, 0.15) is 12.4 Å². The molecule has 128 valence electrons. The first kappa shape index (κ1) is 19.0. The predicted octanol–water partition coefficient (Wildman–Crippen LogP) is 2.65. The molecule has 0 fully saturated rings. The molecular formula is C18H29N3O2. The van der Waals surface area contributed by atoms with Gasteiger partial charge in [-0.05, 0) is 31.9 Å². The van der Waals surface area contributed by atoms with Gasteiger partial charge in [-0.15, -0.1) is 0 Å². The Bertz CT molecular complexity index is 513. The van der Waals surface area contributed by atoms with Crippen molar-refractivity contribution in [3.8, 4) is 5.75 Å². The zero-order valence-electron chi connectivity index (χ0n) is 14.7. The lowest BCUT2D eigenvalue weighted by atomic mass is 10.1.